The molecule has 0 fully saturated rings. The van der Waals surface area contributed by atoms with Crippen LogP contribution in [0.4, 0.5) is 5.69 Å². The molecule has 0 amide bonds. The second-order valence-electron chi connectivity index (χ2n) is 4.77. The fraction of sp³-hybridized carbons (Fsp3) is 0.533. The lowest BCUT2D eigenvalue weighted by Gasteiger charge is -2.27. The van der Waals surface area contributed by atoms with E-state index in [0.717, 1.165) is 41.7 Å². The number of benzene rings is 1. The molecule has 0 aliphatic rings. The van der Waals surface area contributed by atoms with Gasteiger partial charge in [0.1, 0.15) is 5.84 Å². The van der Waals surface area contributed by atoms with Crippen LogP contribution in [-0.2, 0) is 0 Å². The molecule has 1 aromatic rings. The zero-order valence-electron chi connectivity index (χ0n) is 11.9. The van der Waals surface area contributed by atoms with Crippen molar-refractivity contribution < 1.29 is 0 Å². The Bertz CT molecular complexity index is 410. The normalized spacial score (nSPS) is 10.5. The highest BCUT2D eigenvalue weighted by Gasteiger charge is 2.13. The average molecular weight is 326 g/mol. The van der Waals surface area contributed by atoms with Crippen LogP contribution in [0.25, 0.3) is 0 Å². The lowest BCUT2D eigenvalue weighted by Crippen LogP contribution is -2.28. The topological polar surface area (TPSA) is 53.1 Å². The Hall–Kier alpha value is -1.03. The molecule has 0 spiro atoms. The molecule has 0 aliphatic heterocycles. The third kappa shape index (κ3) is 4.86. The first kappa shape index (κ1) is 16.0. The lowest BCUT2D eigenvalue weighted by atomic mass is 10.1. The molecule has 0 aromatic heterocycles. The second kappa shape index (κ2) is 8.20. The number of anilines is 1. The molecule has 0 aliphatic carbocycles. The number of rotatable bonds is 8. The van der Waals surface area contributed by atoms with Gasteiger partial charge in [0.15, 0.2) is 0 Å². The minimum atomic E-state index is 0.134. The third-order valence-corrected chi connectivity index (χ3v) is 3.65. The molecule has 0 saturated heterocycles. The Morgan fingerprint density at radius 2 is 1.79 bits per heavy atom. The van der Waals surface area contributed by atoms with Crippen molar-refractivity contribution in [2.75, 3.05) is 18.0 Å². The highest BCUT2D eigenvalue weighted by Crippen LogP contribution is 2.25. The maximum Gasteiger partial charge on any atom is 0.124 e. The second-order valence-corrected chi connectivity index (χ2v) is 5.68. The van der Waals surface area contributed by atoms with Crippen molar-refractivity contribution in [2.45, 2.75) is 39.5 Å². The first-order chi connectivity index (χ1) is 9.10. The molecule has 0 heterocycles. The number of nitrogens with one attached hydrogen (secondary N) is 1. The molecule has 0 unspecified atom stereocenters. The molecule has 106 valence electrons. The zero-order chi connectivity index (χ0) is 14.3. The van der Waals surface area contributed by atoms with E-state index in [1.807, 2.05) is 12.1 Å². The number of nitrogens with zero attached hydrogens (tertiary/aromatic N) is 1. The van der Waals surface area contributed by atoms with Gasteiger partial charge in [-0.15, -0.1) is 0 Å². The van der Waals surface area contributed by atoms with E-state index in [9.17, 15) is 0 Å². The molecule has 0 bridgehead atoms. The van der Waals surface area contributed by atoms with E-state index in [1.54, 1.807) is 0 Å². The van der Waals surface area contributed by atoms with Crippen LogP contribution in [0.15, 0.2) is 22.7 Å². The summed E-state index contributed by atoms with van der Waals surface area (Å²) in [6, 6.07) is 6.02. The molecule has 4 heteroatoms. The van der Waals surface area contributed by atoms with Crippen LogP contribution in [0, 0.1) is 5.41 Å². The van der Waals surface area contributed by atoms with E-state index in [4.69, 9.17) is 11.1 Å². The Labute approximate surface area is 124 Å². The van der Waals surface area contributed by atoms with Gasteiger partial charge < -0.3 is 10.6 Å². The van der Waals surface area contributed by atoms with Gasteiger partial charge in [-0.2, -0.15) is 0 Å². The predicted octanol–water partition coefficient (Wildman–Crippen LogP) is 4.14. The quantitative estimate of drug-likeness (QED) is 0.557. The highest BCUT2D eigenvalue weighted by atomic mass is 79.9. The van der Waals surface area contributed by atoms with Crippen LogP contribution >= 0.6 is 15.9 Å². The monoisotopic (exact) mass is 325 g/mol. The molecule has 19 heavy (non-hydrogen) atoms. The van der Waals surface area contributed by atoms with Crippen molar-refractivity contribution in [2.24, 2.45) is 5.73 Å². The molecular weight excluding hydrogens is 302 g/mol. The minimum absolute atomic E-state index is 0.134. The van der Waals surface area contributed by atoms with Gasteiger partial charge in [0, 0.05) is 28.8 Å². The summed E-state index contributed by atoms with van der Waals surface area (Å²) < 4.78 is 0.965. The maximum atomic E-state index is 7.75. The molecule has 3 N–H and O–H groups in total. The van der Waals surface area contributed by atoms with Gasteiger partial charge in [-0.3, -0.25) is 5.41 Å². The van der Waals surface area contributed by atoms with E-state index in [-0.39, 0.29) is 5.84 Å². The number of nitrogen functional groups attached to an aromatic ring is 1. The van der Waals surface area contributed by atoms with Crippen molar-refractivity contribution in [3.63, 3.8) is 0 Å². The first-order valence-corrected chi connectivity index (χ1v) is 7.78. The summed E-state index contributed by atoms with van der Waals surface area (Å²) in [5, 5.41) is 7.75. The van der Waals surface area contributed by atoms with Gasteiger partial charge in [0.05, 0.1) is 0 Å². The van der Waals surface area contributed by atoms with E-state index < -0.39 is 0 Å². The summed E-state index contributed by atoms with van der Waals surface area (Å²) in [5.41, 5.74) is 7.62. The van der Waals surface area contributed by atoms with E-state index in [1.165, 1.54) is 12.8 Å². The minimum Gasteiger partial charge on any atom is -0.384 e. The Kier molecular flexibility index (Phi) is 6.92. The van der Waals surface area contributed by atoms with Gasteiger partial charge in [0.2, 0.25) is 0 Å². The van der Waals surface area contributed by atoms with Gasteiger partial charge in [-0.1, -0.05) is 42.6 Å². The van der Waals surface area contributed by atoms with Crippen LogP contribution in [0.1, 0.15) is 45.1 Å². The Morgan fingerprint density at radius 1 is 1.21 bits per heavy atom. The SMILES string of the molecule is CCCCN(CCCC)c1ccc(Br)cc1C(=N)N. The van der Waals surface area contributed by atoms with Crippen molar-refractivity contribution in [3.8, 4) is 0 Å². The summed E-state index contributed by atoms with van der Waals surface area (Å²) in [7, 11) is 0. The van der Waals surface area contributed by atoms with Gasteiger partial charge in [-0.25, -0.2) is 0 Å². The lowest BCUT2D eigenvalue weighted by molar-refractivity contribution is 0.677. The molecule has 1 aromatic carbocycles. The van der Waals surface area contributed by atoms with Crippen LogP contribution in [0.5, 0.6) is 0 Å². The van der Waals surface area contributed by atoms with Crippen molar-refractivity contribution in [3.05, 3.63) is 28.2 Å². The molecular formula is C15H24BrN3. The number of hydrogen-bond donors (Lipinski definition) is 2. The number of unbranched alkanes of at least 4 members (excludes halogenated alkanes) is 2. The third-order valence-electron chi connectivity index (χ3n) is 3.15. The van der Waals surface area contributed by atoms with E-state index in [0.29, 0.717) is 0 Å². The summed E-state index contributed by atoms with van der Waals surface area (Å²) in [5.74, 6) is 0.134. The fourth-order valence-electron chi connectivity index (χ4n) is 2.05. The van der Waals surface area contributed by atoms with Crippen molar-refractivity contribution in [1.29, 1.82) is 5.41 Å². The van der Waals surface area contributed by atoms with Crippen LogP contribution in [0.3, 0.4) is 0 Å². The van der Waals surface area contributed by atoms with Crippen LogP contribution < -0.4 is 10.6 Å². The van der Waals surface area contributed by atoms with Crippen molar-refractivity contribution >= 4 is 27.5 Å². The standard InChI is InChI=1S/C15H24BrN3/c1-3-5-9-19(10-6-4-2)14-8-7-12(16)11-13(14)15(17)18/h7-8,11H,3-6,9-10H2,1-2H3,(H3,17,18). The number of hydrogen-bond acceptors (Lipinski definition) is 2. The Morgan fingerprint density at radius 3 is 2.26 bits per heavy atom. The van der Waals surface area contributed by atoms with E-state index in [2.05, 4.69) is 40.7 Å². The summed E-state index contributed by atoms with van der Waals surface area (Å²) in [4.78, 5) is 2.36. The summed E-state index contributed by atoms with van der Waals surface area (Å²) >= 11 is 3.45. The number of halogens is 1. The molecule has 0 atom stereocenters. The van der Waals surface area contributed by atoms with Crippen molar-refractivity contribution in [1.82, 2.24) is 0 Å². The first-order valence-electron chi connectivity index (χ1n) is 6.99. The smallest absolute Gasteiger partial charge is 0.124 e. The molecule has 0 radical (unpaired) electrons. The highest BCUT2D eigenvalue weighted by molar-refractivity contribution is 9.10. The van der Waals surface area contributed by atoms with Crippen LogP contribution in [0.2, 0.25) is 0 Å². The molecule has 3 nitrogen and oxygen atoms in total. The maximum absolute atomic E-state index is 7.75. The van der Waals surface area contributed by atoms with Gasteiger partial charge in [-0.05, 0) is 31.0 Å². The van der Waals surface area contributed by atoms with Gasteiger partial charge >= 0.3 is 0 Å². The Balaban J connectivity index is 3.02. The summed E-state index contributed by atoms with van der Waals surface area (Å²) in [6.45, 7) is 6.45. The fourth-order valence-corrected chi connectivity index (χ4v) is 2.41. The zero-order valence-corrected chi connectivity index (χ0v) is 13.5. The molecule has 0 saturated carbocycles. The van der Waals surface area contributed by atoms with Gasteiger partial charge in [0.25, 0.3) is 0 Å². The predicted molar refractivity (Wildman–Crippen MR) is 87.2 cm³/mol. The summed E-state index contributed by atoms with van der Waals surface area (Å²) in [6.07, 6.45) is 4.68. The largest absolute Gasteiger partial charge is 0.384 e. The van der Waals surface area contributed by atoms with Crippen LogP contribution in [-0.4, -0.2) is 18.9 Å². The molecule has 1 rings (SSSR count). The average Bonchev–Trinajstić information content (AvgIpc) is 2.39. The van der Waals surface area contributed by atoms with E-state index >= 15 is 0 Å². The number of amidine groups is 1. The number of nitrogens with two attached hydrogens (primary N) is 1.